The van der Waals surface area contributed by atoms with Crippen LogP contribution in [-0.4, -0.2) is 42.2 Å². The van der Waals surface area contributed by atoms with Crippen molar-refractivity contribution in [3.05, 3.63) is 59.7 Å². The van der Waals surface area contributed by atoms with E-state index in [1.807, 2.05) is 0 Å². The zero-order valence-corrected chi connectivity index (χ0v) is 15.3. The molecule has 0 radical (unpaired) electrons. The number of carbonyl (C=O) groups is 1. The molecule has 1 fully saturated rings. The Morgan fingerprint density at radius 3 is 2.67 bits per heavy atom. The molecule has 1 atom stereocenters. The van der Waals surface area contributed by atoms with Crippen molar-refractivity contribution in [1.82, 2.24) is 4.90 Å². The van der Waals surface area contributed by atoms with Gasteiger partial charge in [-0.2, -0.15) is 4.39 Å². The summed E-state index contributed by atoms with van der Waals surface area (Å²) in [6.07, 6.45) is -0.0731. The van der Waals surface area contributed by atoms with Crippen LogP contribution in [0.4, 0.5) is 8.78 Å². The van der Waals surface area contributed by atoms with Crippen LogP contribution in [0.3, 0.4) is 0 Å². The Balaban J connectivity index is 0.00000261. The van der Waals surface area contributed by atoms with Gasteiger partial charge in [0.05, 0.1) is 19.1 Å². The van der Waals surface area contributed by atoms with Gasteiger partial charge in [0.15, 0.2) is 11.6 Å². The van der Waals surface area contributed by atoms with Gasteiger partial charge in [-0.15, -0.1) is 12.4 Å². The number of aliphatic carboxylic acids is 1. The lowest BCUT2D eigenvalue weighted by Gasteiger charge is -2.32. The third-order valence-electron chi connectivity index (χ3n) is 4.19. The first-order chi connectivity index (χ1) is 12.5. The molecule has 1 N–H and O–H groups in total. The van der Waals surface area contributed by atoms with E-state index in [0.717, 1.165) is 11.6 Å². The van der Waals surface area contributed by atoms with Crippen LogP contribution in [0.25, 0.3) is 0 Å². The smallest absolute Gasteiger partial charge is 0.304 e. The molecule has 0 amide bonds. The first-order valence-corrected chi connectivity index (χ1v) is 8.30. The molecule has 1 saturated heterocycles. The van der Waals surface area contributed by atoms with Gasteiger partial charge in [0, 0.05) is 19.6 Å². The molecular formula is C19H20ClF2NO4. The van der Waals surface area contributed by atoms with Crippen LogP contribution in [0, 0.1) is 11.6 Å². The Morgan fingerprint density at radius 1 is 1.22 bits per heavy atom. The average Bonchev–Trinajstić information content (AvgIpc) is 2.65. The van der Waals surface area contributed by atoms with E-state index < -0.39 is 17.6 Å². The lowest BCUT2D eigenvalue weighted by atomic mass is 10.1. The van der Waals surface area contributed by atoms with Crippen molar-refractivity contribution >= 4 is 18.4 Å². The minimum atomic E-state index is -1.03. The molecule has 1 heterocycles. The fraction of sp³-hybridized carbons (Fsp3) is 0.316. The Labute approximate surface area is 161 Å². The molecule has 0 aromatic heterocycles. The fourth-order valence-electron chi connectivity index (χ4n) is 2.80. The molecule has 0 aliphatic carbocycles. The maximum atomic E-state index is 13.7. The first-order valence-electron chi connectivity index (χ1n) is 8.30. The van der Waals surface area contributed by atoms with Crippen molar-refractivity contribution in [2.24, 2.45) is 0 Å². The number of nitrogens with zero attached hydrogens (tertiary/aromatic N) is 1. The van der Waals surface area contributed by atoms with Gasteiger partial charge in [0.2, 0.25) is 5.82 Å². The third kappa shape index (κ3) is 5.63. The lowest BCUT2D eigenvalue weighted by molar-refractivity contribution is -0.137. The second kappa shape index (κ2) is 9.64. The van der Waals surface area contributed by atoms with Gasteiger partial charge >= 0.3 is 5.97 Å². The van der Waals surface area contributed by atoms with Gasteiger partial charge in [-0.05, 0) is 29.8 Å². The van der Waals surface area contributed by atoms with E-state index in [-0.39, 0.29) is 30.7 Å². The van der Waals surface area contributed by atoms with Gasteiger partial charge in [0.1, 0.15) is 5.75 Å². The van der Waals surface area contributed by atoms with Crippen molar-refractivity contribution in [1.29, 1.82) is 0 Å². The quantitative estimate of drug-likeness (QED) is 0.794. The molecule has 0 spiro atoms. The average molecular weight is 400 g/mol. The van der Waals surface area contributed by atoms with Crippen molar-refractivity contribution in [3.8, 4) is 11.5 Å². The fourth-order valence-corrected chi connectivity index (χ4v) is 2.80. The summed E-state index contributed by atoms with van der Waals surface area (Å²) >= 11 is 0. The van der Waals surface area contributed by atoms with Gasteiger partial charge in [-0.1, -0.05) is 18.2 Å². The number of carboxylic acid groups (broad SMARTS) is 1. The molecule has 1 aliphatic heterocycles. The van der Waals surface area contributed by atoms with Gasteiger partial charge < -0.3 is 14.6 Å². The molecule has 3 rings (SSSR count). The maximum absolute atomic E-state index is 13.7. The van der Waals surface area contributed by atoms with Crippen LogP contribution in [0.2, 0.25) is 0 Å². The highest BCUT2D eigenvalue weighted by atomic mass is 35.5. The Morgan fingerprint density at radius 2 is 1.96 bits per heavy atom. The van der Waals surface area contributed by atoms with Gasteiger partial charge in [-0.25, -0.2) is 4.39 Å². The number of hydrogen-bond donors (Lipinski definition) is 1. The van der Waals surface area contributed by atoms with E-state index in [4.69, 9.17) is 14.6 Å². The predicted molar refractivity (Wildman–Crippen MR) is 97.5 cm³/mol. The SMILES string of the molecule is Cl.O=C(O)CCN1CCOC(c2ccc(Oc3cccc(F)c3F)cc2)C1. The molecular weight excluding hydrogens is 380 g/mol. The van der Waals surface area contributed by atoms with Crippen LogP contribution in [0.5, 0.6) is 11.5 Å². The minimum Gasteiger partial charge on any atom is -0.481 e. The number of benzene rings is 2. The highest BCUT2D eigenvalue weighted by Gasteiger charge is 2.22. The number of carboxylic acids is 1. The van der Waals surface area contributed by atoms with Crippen LogP contribution in [0.15, 0.2) is 42.5 Å². The Bertz CT molecular complexity index is 773. The minimum absolute atomic E-state index is 0. The summed E-state index contributed by atoms with van der Waals surface area (Å²) < 4.78 is 38.0. The van der Waals surface area contributed by atoms with E-state index >= 15 is 0 Å². The third-order valence-corrected chi connectivity index (χ3v) is 4.19. The highest BCUT2D eigenvalue weighted by molar-refractivity contribution is 5.85. The Kier molecular flexibility index (Phi) is 7.53. The van der Waals surface area contributed by atoms with E-state index in [2.05, 4.69) is 4.90 Å². The second-order valence-corrected chi connectivity index (χ2v) is 6.03. The number of morpholine rings is 1. The summed E-state index contributed by atoms with van der Waals surface area (Å²) in [6, 6.07) is 10.7. The van der Waals surface area contributed by atoms with E-state index in [0.29, 0.717) is 32.0 Å². The summed E-state index contributed by atoms with van der Waals surface area (Å²) in [4.78, 5) is 12.8. The molecule has 1 aliphatic rings. The highest BCUT2D eigenvalue weighted by Crippen LogP contribution is 2.28. The summed E-state index contributed by atoms with van der Waals surface area (Å²) in [5, 5.41) is 8.79. The zero-order chi connectivity index (χ0) is 18.5. The summed E-state index contributed by atoms with van der Waals surface area (Å²) in [6.45, 7) is 2.31. The van der Waals surface area contributed by atoms with Gasteiger partial charge in [0.25, 0.3) is 0 Å². The van der Waals surface area contributed by atoms with Crippen molar-refractivity contribution in [2.75, 3.05) is 26.2 Å². The molecule has 0 bridgehead atoms. The van der Waals surface area contributed by atoms with E-state index in [9.17, 15) is 13.6 Å². The maximum Gasteiger partial charge on any atom is 0.304 e. The monoisotopic (exact) mass is 399 g/mol. The number of rotatable bonds is 6. The molecule has 27 heavy (non-hydrogen) atoms. The number of ether oxygens (including phenoxy) is 2. The first kappa shape index (κ1) is 21.1. The number of halogens is 3. The van der Waals surface area contributed by atoms with Crippen LogP contribution < -0.4 is 4.74 Å². The second-order valence-electron chi connectivity index (χ2n) is 6.03. The summed E-state index contributed by atoms with van der Waals surface area (Å²) in [5.74, 6) is -2.60. The molecule has 2 aromatic carbocycles. The normalized spacial score (nSPS) is 17.2. The van der Waals surface area contributed by atoms with Crippen LogP contribution >= 0.6 is 12.4 Å². The molecule has 1 unspecified atom stereocenters. The predicted octanol–water partition coefficient (Wildman–Crippen LogP) is 4.03. The zero-order valence-electron chi connectivity index (χ0n) is 14.4. The van der Waals surface area contributed by atoms with E-state index in [1.54, 1.807) is 24.3 Å². The summed E-state index contributed by atoms with van der Waals surface area (Å²) in [7, 11) is 0. The number of hydrogen-bond acceptors (Lipinski definition) is 4. The van der Waals surface area contributed by atoms with Crippen molar-refractivity contribution in [2.45, 2.75) is 12.5 Å². The standard InChI is InChI=1S/C19H19F2NO4.ClH/c20-15-2-1-3-16(19(15)21)26-14-6-4-13(5-7-14)17-12-22(10-11-25-17)9-8-18(23)24;/h1-7,17H,8-12H2,(H,23,24);1H. The van der Waals surface area contributed by atoms with Crippen molar-refractivity contribution in [3.63, 3.8) is 0 Å². The molecule has 0 saturated carbocycles. The largest absolute Gasteiger partial charge is 0.481 e. The summed E-state index contributed by atoms with van der Waals surface area (Å²) in [5.41, 5.74) is 0.914. The molecule has 8 heteroatoms. The molecule has 2 aromatic rings. The van der Waals surface area contributed by atoms with Crippen LogP contribution in [-0.2, 0) is 9.53 Å². The van der Waals surface area contributed by atoms with Gasteiger partial charge in [-0.3, -0.25) is 9.69 Å². The van der Waals surface area contributed by atoms with Crippen molar-refractivity contribution < 1.29 is 28.2 Å². The lowest BCUT2D eigenvalue weighted by Crippen LogP contribution is -2.39. The topological polar surface area (TPSA) is 59.0 Å². The molecule has 146 valence electrons. The Hall–Kier alpha value is -2.22. The van der Waals surface area contributed by atoms with Crippen LogP contribution in [0.1, 0.15) is 18.1 Å². The molecule has 5 nitrogen and oxygen atoms in total. The van der Waals surface area contributed by atoms with E-state index in [1.165, 1.54) is 12.1 Å².